The molecule has 0 fully saturated rings. The van der Waals surface area contributed by atoms with Crippen LogP contribution in [0.15, 0.2) is 53.0 Å². The van der Waals surface area contributed by atoms with Crippen LogP contribution >= 0.6 is 15.9 Å². The highest BCUT2D eigenvalue weighted by Gasteiger charge is 2.11. The summed E-state index contributed by atoms with van der Waals surface area (Å²) in [5.41, 5.74) is 5.12. The third-order valence-electron chi connectivity index (χ3n) is 3.57. The molecule has 0 heterocycles. The van der Waals surface area contributed by atoms with Gasteiger partial charge in [0.25, 0.3) is 0 Å². The van der Waals surface area contributed by atoms with Crippen molar-refractivity contribution in [2.45, 2.75) is 31.7 Å². The highest BCUT2D eigenvalue weighted by molar-refractivity contribution is 9.10. The molecule has 1 unspecified atom stereocenters. The Labute approximate surface area is 133 Å². The first-order valence-corrected chi connectivity index (χ1v) is 7.92. The van der Waals surface area contributed by atoms with Gasteiger partial charge in [-0.2, -0.15) is 0 Å². The Balaban J connectivity index is 1.87. The van der Waals surface area contributed by atoms with Crippen molar-refractivity contribution in [3.05, 3.63) is 69.9 Å². The van der Waals surface area contributed by atoms with Gasteiger partial charge in [-0.3, -0.25) is 11.3 Å². The van der Waals surface area contributed by atoms with Gasteiger partial charge in [0.05, 0.1) is 0 Å². The second kappa shape index (κ2) is 8.27. The first kappa shape index (κ1) is 16.1. The molecule has 1 atom stereocenters. The minimum atomic E-state index is -0.215. The number of hydrazine groups is 1. The van der Waals surface area contributed by atoms with Gasteiger partial charge in [0.15, 0.2) is 0 Å². The van der Waals surface area contributed by atoms with Crippen LogP contribution in [0.4, 0.5) is 4.39 Å². The van der Waals surface area contributed by atoms with Crippen LogP contribution in [0.5, 0.6) is 0 Å². The van der Waals surface area contributed by atoms with Gasteiger partial charge in [0, 0.05) is 10.5 Å². The summed E-state index contributed by atoms with van der Waals surface area (Å²) >= 11 is 3.46. The Bertz CT molecular complexity index is 560. The van der Waals surface area contributed by atoms with Gasteiger partial charge in [0.2, 0.25) is 0 Å². The van der Waals surface area contributed by atoms with Crippen LogP contribution in [0.2, 0.25) is 0 Å². The number of rotatable bonds is 7. The van der Waals surface area contributed by atoms with Crippen molar-refractivity contribution < 1.29 is 4.39 Å². The molecule has 0 aromatic heterocycles. The third kappa shape index (κ3) is 5.23. The first-order valence-electron chi connectivity index (χ1n) is 7.13. The smallest absolute Gasteiger partial charge is 0.123 e. The van der Waals surface area contributed by atoms with Crippen LogP contribution < -0.4 is 11.3 Å². The molecule has 0 radical (unpaired) electrons. The molecule has 0 bridgehead atoms. The fraction of sp³-hybridized carbons (Fsp3) is 0.294. The molecule has 4 heteroatoms. The number of benzene rings is 2. The number of hydrogen-bond donors (Lipinski definition) is 2. The van der Waals surface area contributed by atoms with Gasteiger partial charge in [0.1, 0.15) is 5.82 Å². The summed E-state index contributed by atoms with van der Waals surface area (Å²) in [6.45, 7) is 0. The Hall–Kier alpha value is -1.23. The van der Waals surface area contributed by atoms with Crippen molar-refractivity contribution in [1.82, 2.24) is 5.43 Å². The first-order chi connectivity index (χ1) is 10.2. The van der Waals surface area contributed by atoms with Crippen LogP contribution in [-0.2, 0) is 12.8 Å². The summed E-state index contributed by atoms with van der Waals surface area (Å²) in [7, 11) is 0. The summed E-state index contributed by atoms with van der Waals surface area (Å²) in [5.74, 6) is 5.41. The van der Waals surface area contributed by atoms with Gasteiger partial charge in [-0.15, -0.1) is 0 Å². The van der Waals surface area contributed by atoms with E-state index in [4.69, 9.17) is 5.84 Å². The van der Waals surface area contributed by atoms with E-state index in [9.17, 15) is 4.39 Å². The van der Waals surface area contributed by atoms with Crippen molar-refractivity contribution in [1.29, 1.82) is 0 Å². The van der Waals surface area contributed by atoms with E-state index in [2.05, 4.69) is 45.6 Å². The second-order valence-corrected chi connectivity index (χ2v) is 6.04. The van der Waals surface area contributed by atoms with E-state index in [0.717, 1.165) is 29.3 Å². The number of nitrogens with one attached hydrogen (secondary N) is 1. The Morgan fingerprint density at radius 3 is 2.62 bits per heavy atom. The molecule has 0 amide bonds. The van der Waals surface area contributed by atoms with E-state index in [1.54, 1.807) is 12.1 Å². The lowest BCUT2D eigenvalue weighted by Gasteiger charge is -2.17. The van der Waals surface area contributed by atoms with Gasteiger partial charge in [-0.25, -0.2) is 4.39 Å². The molecule has 0 aliphatic rings. The molecule has 0 saturated heterocycles. The largest absolute Gasteiger partial charge is 0.271 e. The molecule has 2 rings (SSSR count). The Morgan fingerprint density at radius 2 is 1.90 bits per heavy atom. The van der Waals surface area contributed by atoms with Crippen LogP contribution in [0.3, 0.4) is 0 Å². The molecular formula is C17H20BrFN2. The summed E-state index contributed by atoms with van der Waals surface area (Å²) < 4.78 is 14.2. The summed E-state index contributed by atoms with van der Waals surface area (Å²) in [6, 6.07) is 15.3. The lowest BCUT2D eigenvalue weighted by Crippen LogP contribution is -2.36. The number of nitrogens with two attached hydrogens (primary N) is 1. The molecule has 3 N–H and O–H groups in total. The van der Waals surface area contributed by atoms with Gasteiger partial charge in [-0.1, -0.05) is 46.3 Å². The fourth-order valence-electron chi connectivity index (χ4n) is 2.41. The van der Waals surface area contributed by atoms with Gasteiger partial charge in [-0.05, 0) is 55.0 Å². The maximum atomic E-state index is 13.3. The van der Waals surface area contributed by atoms with Gasteiger partial charge >= 0.3 is 0 Å². The zero-order chi connectivity index (χ0) is 15.1. The van der Waals surface area contributed by atoms with Crippen molar-refractivity contribution in [3.63, 3.8) is 0 Å². The number of aryl methyl sites for hydroxylation is 1. The number of halogens is 2. The summed E-state index contributed by atoms with van der Waals surface area (Å²) in [6.07, 6.45) is 3.74. The van der Waals surface area contributed by atoms with Crippen LogP contribution in [-0.4, -0.2) is 6.04 Å². The molecule has 2 aromatic rings. The predicted octanol–water partition coefficient (Wildman–Crippen LogP) is 3.99. The zero-order valence-corrected chi connectivity index (χ0v) is 13.4. The summed E-state index contributed by atoms with van der Waals surface area (Å²) in [5, 5.41) is 0. The van der Waals surface area contributed by atoms with Crippen LogP contribution in [0.25, 0.3) is 0 Å². The van der Waals surface area contributed by atoms with Crippen molar-refractivity contribution in [3.8, 4) is 0 Å². The minimum Gasteiger partial charge on any atom is -0.271 e. The molecule has 0 saturated carbocycles. The monoisotopic (exact) mass is 350 g/mol. The maximum Gasteiger partial charge on any atom is 0.123 e. The predicted molar refractivity (Wildman–Crippen MR) is 88.3 cm³/mol. The summed E-state index contributed by atoms with van der Waals surface area (Å²) in [4.78, 5) is 0. The average Bonchev–Trinajstić information content (AvgIpc) is 2.51. The van der Waals surface area contributed by atoms with Crippen molar-refractivity contribution >= 4 is 15.9 Å². The minimum absolute atomic E-state index is 0.145. The van der Waals surface area contributed by atoms with Crippen LogP contribution in [0.1, 0.15) is 24.0 Å². The third-order valence-corrected chi connectivity index (χ3v) is 4.34. The number of hydrogen-bond acceptors (Lipinski definition) is 2. The maximum absolute atomic E-state index is 13.3. The van der Waals surface area contributed by atoms with Gasteiger partial charge < -0.3 is 0 Å². The second-order valence-electron chi connectivity index (χ2n) is 5.18. The highest BCUT2D eigenvalue weighted by atomic mass is 79.9. The zero-order valence-electron chi connectivity index (χ0n) is 11.9. The molecule has 0 spiro atoms. The molecule has 2 aromatic carbocycles. The lowest BCUT2D eigenvalue weighted by atomic mass is 9.99. The molecule has 112 valence electrons. The molecule has 0 aliphatic heterocycles. The lowest BCUT2D eigenvalue weighted by molar-refractivity contribution is 0.474. The van der Waals surface area contributed by atoms with E-state index in [-0.39, 0.29) is 11.9 Å². The average molecular weight is 351 g/mol. The SMILES string of the molecule is NNC(CCCc1ccccc1)Cc1cc(F)ccc1Br. The van der Waals surface area contributed by atoms with E-state index in [1.165, 1.54) is 11.6 Å². The molecule has 0 aliphatic carbocycles. The van der Waals surface area contributed by atoms with E-state index >= 15 is 0 Å². The van der Waals surface area contributed by atoms with Crippen molar-refractivity contribution in [2.75, 3.05) is 0 Å². The molecule has 2 nitrogen and oxygen atoms in total. The topological polar surface area (TPSA) is 38.0 Å². The van der Waals surface area contributed by atoms with E-state index in [1.807, 2.05) is 6.07 Å². The standard InChI is InChI=1S/C17H20BrFN2/c18-17-10-9-15(19)11-14(17)12-16(21-20)8-4-7-13-5-2-1-3-6-13/h1-3,5-6,9-11,16,21H,4,7-8,12,20H2. The normalized spacial score (nSPS) is 12.3. The Kier molecular flexibility index (Phi) is 6.36. The van der Waals surface area contributed by atoms with Crippen LogP contribution in [0, 0.1) is 5.82 Å². The highest BCUT2D eigenvalue weighted by Crippen LogP contribution is 2.20. The fourth-order valence-corrected chi connectivity index (χ4v) is 2.82. The Morgan fingerprint density at radius 1 is 1.14 bits per heavy atom. The van der Waals surface area contributed by atoms with E-state index < -0.39 is 0 Å². The quantitative estimate of drug-likeness (QED) is 0.585. The van der Waals surface area contributed by atoms with E-state index in [0.29, 0.717) is 6.42 Å². The molecule has 21 heavy (non-hydrogen) atoms. The molecular weight excluding hydrogens is 331 g/mol. The van der Waals surface area contributed by atoms with Crippen molar-refractivity contribution in [2.24, 2.45) is 5.84 Å².